The van der Waals surface area contributed by atoms with E-state index in [1.165, 1.54) is 5.56 Å². The van der Waals surface area contributed by atoms with Crippen molar-refractivity contribution in [1.82, 2.24) is 10.2 Å². The van der Waals surface area contributed by atoms with Crippen LogP contribution in [-0.4, -0.2) is 36.1 Å². The summed E-state index contributed by atoms with van der Waals surface area (Å²) in [5.41, 5.74) is 1.20. The van der Waals surface area contributed by atoms with Gasteiger partial charge in [0.1, 0.15) is 6.17 Å². The maximum absolute atomic E-state index is 12.7. The SMILES string of the molecule is CCC1NC(c2ccsc2)N(C2CCCC2OC)C1=O. The Morgan fingerprint density at radius 1 is 1.50 bits per heavy atom. The fourth-order valence-corrected chi connectivity index (χ4v) is 4.16. The Balaban J connectivity index is 1.89. The van der Waals surface area contributed by atoms with Crippen LogP contribution in [0.4, 0.5) is 0 Å². The second-order valence-corrected chi connectivity index (χ2v) is 6.38. The van der Waals surface area contributed by atoms with Crippen molar-refractivity contribution in [2.24, 2.45) is 0 Å². The van der Waals surface area contributed by atoms with Crippen LogP contribution >= 0.6 is 11.3 Å². The fraction of sp³-hybridized carbons (Fsp3) is 0.667. The minimum atomic E-state index is -0.0574. The molecular weight excluding hydrogens is 272 g/mol. The van der Waals surface area contributed by atoms with Crippen molar-refractivity contribution in [2.75, 3.05) is 7.11 Å². The van der Waals surface area contributed by atoms with Gasteiger partial charge in [-0.05, 0) is 48.1 Å². The van der Waals surface area contributed by atoms with Crippen molar-refractivity contribution in [1.29, 1.82) is 0 Å². The third-order valence-corrected chi connectivity index (χ3v) is 5.24. The number of nitrogens with zero attached hydrogens (tertiary/aromatic N) is 1. The molecule has 1 aromatic rings. The van der Waals surface area contributed by atoms with Crippen molar-refractivity contribution in [3.8, 4) is 0 Å². The second kappa shape index (κ2) is 5.84. The third kappa shape index (κ3) is 2.28. The molecule has 0 spiro atoms. The molecule has 4 nitrogen and oxygen atoms in total. The summed E-state index contributed by atoms with van der Waals surface area (Å²) in [6.07, 6.45) is 4.26. The van der Waals surface area contributed by atoms with E-state index in [1.807, 2.05) is 0 Å². The molecule has 4 atom stereocenters. The number of nitrogens with one attached hydrogen (secondary N) is 1. The van der Waals surface area contributed by atoms with Crippen molar-refractivity contribution in [3.05, 3.63) is 22.4 Å². The Bertz CT molecular complexity index is 462. The first-order valence-electron chi connectivity index (χ1n) is 7.39. The largest absolute Gasteiger partial charge is 0.379 e. The number of carbonyl (C=O) groups is 1. The number of methoxy groups -OCH3 is 1. The van der Waals surface area contributed by atoms with Gasteiger partial charge in [0.2, 0.25) is 5.91 Å². The minimum absolute atomic E-state index is 0.0134. The zero-order valence-corrected chi connectivity index (χ0v) is 12.9. The highest BCUT2D eigenvalue weighted by molar-refractivity contribution is 7.07. The van der Waals surface area contributed by atoms with E-state index in [-0.39, 0.29) is 30.3 Å². The third-order valence-electron chi connectivity index (χ3n) is 4.53. The van der Waals surface area contributed by atoms with Gasteiger partial charge in [-0.1, -0.05) is 6.92 Å². The molecule has 1 saturated carbocycles. The van der Waals surface area contributed by atoms with E-state index < -0.39 is 0 Å². The van der Waals surface area contributed by atoms with Crippen LogP contribution in [0.15, 0.2) is 16.8 Å². The summed E-state index contributed by atoms with van der Waals surface area (Å²) in [5, 5.41) is 7.69. The van der Waals surface area contributed by atoms with Gasteiger partial charge in [0.05, 0.1) is 18.2 Å². The summed E-state index contributed by atoms with van der Waals surface area (Å²) in [7, 11) is 1.76. The summed E-state index contributed by atoms with van der Waals surface area (Å²) in [4.78, 5) is 14.8. The lowest BCUT2D eigenvalue weighted by molar-refractivity contribution is -0.134. The van der Waals surface area contributed by atoms with Gasteiger partial charge in [-0.2, -0.15) is 11.3 Å². The smallest absolute Gasteiger partial charge is 0.241 e. The number of hydrogen-bond acceptors (Lipinski definition) is 4. The maximum atomic E-state index is 12.7. The number of hydrogen-bond donors (Lipinski definition) is 1. The van der Waals surface area contributed by atoms with Crippen LogP contribution in [0.5, 0.6) is 0 Å². The molecule has 2 fully saturated rings. The number of ether oxygens (including phenoxy) is 1. The second-order valence-electron chi connectivity index (χ2n) is 5.60. The molecule has 1 aliphatic heterocycles. The van der Waals surface area contributed by atoms with E-state index >= 15 is 0 Å². The van der Waals surface area contributed by atoms with Crippen LogP contribution in [-0.2, 0) is 9.53 Å². The average molecular weight is 294 g/mol. The Labute approximate surface area is 124 Å². The number of rotatable bonds is 4. The number of amides is 1. The Morgan fingerprint density at radius 3 is 3.00 bits per heavy atom. The highest BCUT2D eigenvalue weighted by atomic mass is 32.1. The van der Waals surface area contributed by atoms with E-state index in [4.69, 9.17) is 4.74 Å². The van der Waals surface area contributed by atoms with Crippen molar-refractivity contribution in [2.45, 2.75) is 57.0 Å². The first-order valence-corrected chi connectivity index (χ1v) is 8.33. The number of thiophene rings is 1. The molecule has 1 N–H and O–H groups in total. The molecular formula is C15H22N2O2S. The van der Waals surface area contributed by atoms with Crippen molar-refractivity contribution in [3.63, 3.8) is 0 Å². The standard InChI is InChI=1S/C15H22N2O2S/c1-3-11-15(18)17(12-5-4-6-13(12)19-2)14(16-11)10-7-8-20-9-10/h7-9,11-14,16H,3-6H2,1-2H3. The van der Waals surface area contributed by atoms with Crippen LogP contribution in [0.2, 0.25) is 0 Å². The molecule has 1 aliphatic carbocycles. The van der Waals surface area contributed by atoms with Gasteiger partial charge >= 0.3 is 0 Å². The van der Waals surface area contributed by atoms with Gasteiger partial charge < -0.3 is 9.64 Å². The molecule has 2 aliphatic rings. The van der Waals surface area contributed by atoms with Crippen molar-refractivity contribution >= 4 is 17.2 Å². The Morgan fingerprint density at radius 2 is 2.35 bits per heavy atom. The van der Waals surface area contributed by atoms with E-state index in [1.54, 1.807) is 18.4 Å². The van der Waals surface area contributed by atoms with E-state index in [9.17, 15) is 4.79 Å². The molecule has 1 aromatic heterocycles. The monoisotopic (exact) mass is 294 g/mol. The lowest BCUT2D eigenvalue weighted by atomic mass is 10.1. The highest BCUT2D eigenvalue weighted by Gasteiger charge is 2.46. The van der Waals surface area contributed by atoms with E-state index in [0.29, 0.717) is 0 Å². The molecule has 110 valence electrons. The van der Waals surface area contributed by atoms with Crippen LogP contribution in [0.25, 0.3) is 0 Å². The van der Waals surface area contributed by atoms with E-state index in [0.717, 1.165) is 25.7 Å². The van der Waals surface area contributed by atoms with E-state index in [2.05, 4.69) is 34.0 Å². The van der Waals surface area contributed by atoms with Gasteiger partial charge in [-0.3, -0.25) is 10.1 Å². The molecule has 1 amide bonds. The van der Waals surface area contributed by atoms with Gasteiger partial charge in [-0.15, -0.1) is 0 Å². The molecule has 0 bridgehead atoms. The lowest BCUT2D eigenvalue weighted by Gasteiger charge is -2.33. The predicted molar refractivity (Wildman–Crippen MR) is 79.6 cm³/mol. The molecule has 3 rings (SSSR count). The molecule has 2 heterocycles. The Kier molecular flexibility index (Phi) is 4.10. The average Bonchev–Trinajstić information content (AvgIpc) is 3.17. The molecule has 1 saturated heterocycles. The quantitative estimate of drug-likeness (QED) is 0.928. The zero-order valence-electron chi connectivity index (χ0n) is 12.0. The predicted octanol–water partition coefficient (Wildman–Crippen LogP) is 2.52. The van der Waals surface area contributed by atoms with Crippen LogP contribution in [0.3, 0.4) is 0 Å². The summed E-state index contributed by atoms with van der Waals surface area (Å²) >= 11 is 1.68. The van der Waals surface area contributed by atoms with Gasteiger partial charge in [0, 0.05) is 7.11 Å². The van der Waals surface area contributed by atoms with Gasteiger partial charge in [0.15, 0.2) is 0 Å². The maximum Gasteiger partial charge on any atom is 0.241 e. The van der Waals surface area contributed by atoms with Gasteiger partial charge in [-0.25, -0.2) is 0 Å². The molecule has 4 unspecified atom stereocenters. The summed E-state index contributed by atoms with van der Waals surface area (Å²) in [5.74, 6) is 0.234. The summed E-state index contributed by atoms with van der Waals surface area (Å²) in [6.45, 7) is 2.06. The first kappa shape index (κ1) is 14.0. The van der Waals surface area contributed by atoms with Crippen molar-refractivity contribution < 1.29 is 9.53 Å². The molecule has 20 heavy (non-hydrogen) atoms. The molecule has 0 aromatic carbocycles. The first-order chi connectivity index (χ1) is 9.76. The molecule has 5 heteroatoms. The lowest BCUT2D eigenvalue weighted by Crippen LogP contribution is -2.44. The fourth-order valence-electron chi connectivity index (χ4n) is 3.48. The van der Waals surface area contributed by atoms with Crippen LogP contribution in [0.1, 0.15) is 44.3 Å². The highest BCUT2D eigenvalue weighted by Crippen LogP contribution is 2.36. The van der Waals surface area contributed by atoms with Gasteiger partial charge in [0.25, 0.3) is 0 Å². The topological polar surface area (TPSA) is 41.6 Å². The molecule has 0 radical (unpaired) electrons. The minimum Gasteiger partial charge on any atom is -0.379 e. The normalized spacial score (nSPS) is 34.1. The van der Waals surface area contributed by atoms with Crippen LogP contribution < -0.4 is 5.32 Å². The van der Waals surface area contributed by atoms with Crippen LogP contribution in [0, 0.1) is 0 Å². The Hall–Kier alpha value is -0.910. The zero-order chi connectivity index (χ0) is 14.1. The summed E-state index contributed by atoms with van der Waals surface area (Å²) < 4.78 is 5.60. The summed E-state index contributed by atoms with van der Waals surface area (Å²) in [6, 6.07) is 2.26. The number of carbonyl (C=O) groups excluding carboxylic acids is 1.